The van der Waals surface area contributed by atoms with Crippen LogP contribution in [0.3, 0.4) is 0 Å². The highest BCUT2D eigenvalue weighted by Crippen LogP contribution is 2.53. The van der Waals surface area contributed by atoms with Crippen LogP contribution in [-0.2, 0) is 15.8 Å². The third-order valence-corrected chi connectivity index (χ3v) is 7.82. The Hall–Kier alpha value is -3.72. The maximum absolute atomic E-state index is 13.8. The maximum Gasteiger partial charge on any atom is 0.416 e. The first kappa shape index (κ1) is 23.7. The summed E-state index contributed by atoms with van der Waals surface area (Å²) in [6.45, 7) is 0. The largest absolute Gasteiger partial charge is 0.416 e. The van der Waals surface area contributed by atoms with E-state index < -0.39 is 47.5 Å². The number of rotatable bonds is 3. The first-order chi connectivity index (χ1) is 17.7. The van der Waals surface area contributed by atoms with Gasteiger partial charge in [-0.15, -0.1) is 0 Å². The Labute approximate surface area is 218 Å². The topological polar surface area (TPSA) is 57.7 Å². The molecule has 0 bridgehead atoms. The summed E-state index contributed by atoms with van der Waals surface area (Å²) in [6.07, 6.45) is -1.06. The van der Waals surface area contributed by atoms with E-state index in [0.717, 1.165) is 32.6 Å². The number of ketones is 1. The zero-order chi connectivity index (χ0) is 26.1. The number of halogens is 4. The first-order valence-corrected chi connectivity index (χ1v) is 12.4. The molecule has 0 radical (unpaired) electrons. The van der Waals surface area contributed by atoms with E-state index >= 15 is 0 Å². The first-order valence-electron chi connectivity index (χ1n) is 11.6. The zero-order valence-electron chi connectivity index (χ0n) is 19.0. The fourth-order valence-electron chi connectivity index (χ4n) is 5.72. The van der Waals surface area contributed by atoms with E-state index in [-0.39, 0.29) is 11.5 Å². The van der Waals surface area contributed by atoms with Gasteiger partial charge in [-0.2, -0.15) is 13.2 Å². The summed E-state index contributed by atoms with van der Waals surface area (Å²) in [6, 6.07) is 16.7. The molecular formula is C28H18BrF3N2O3. The summed E-state index contributed by atoms with van der Waals surface area (Å²) in [5, 5.41) is 0. The molecule has 2 amide bonds. The van der Waals surface area contributed by atoms with Gasteiger partial charge in [0.1, 0.15) is 6.04 Å². The van der Waals surface area contributed by atoms with Gasteiger partial charge in [0.2, 0.25) is 11.8 Å². The van der Waals surface area contributed by atoms with Crippen molar-refractivity contribution < 1.29 is 27.6 Å². The van der Waals surface area contributed by atoms with Crippen LogP contribution in [0.1, 0.15) is 33.1 Å². The van der Waals surface area contributed by atoms with Crippen molar-refractivity contribution in [3.05, 3.63) is 106 Å². The summed E-state index contributed by atoms with van der Waals surface area (Å²) >= 11 is 3.35. The molecule has 3 aliphatic rings. The number of Topliss-reactive ketones (excluding diaryl/α,β-unsaturated/α-hetero) is 1. The van der Waals surface area contributed by atoms with Gasteiger partial charge in [-0.1, -0.05) is 58.4 Å². The Morgan fingerprint density at radius 3 is 2.30 bits per heavy atom. The average Bonchev–Trinajstić information content (AvgIpc) is 3.36. The van der Waals surface area contributed by atoms with Crippen LogP contribution in [0.5, 0.6) is 0 Å². The number of fused-ring (bicyclic) bond motifs is 5. The summed E-state index contributed by atoms with van der Waals surface area (Å²) in [7, 11) is 0. The minimum Gasteiger partial charge on any atom is -0.358 e. The van der Waals surface area contributed by atoms with E-state index in [1.165, 1.54) is 12.1 Å². The quantitative estimate of drug-likeness (QED) is 0.294. The number of imide groups is 1. The standard InChI is InChI=1S/C28H18BrF3N2O3/c29-18-10-8-16(9-11-18)25(35)24-22-21(23-20-7-2-1-4-15(20)12-13-33(23)24)26(36)34(27(22)37)19-6-3-5-17(14-19)28(30,31)32/h1-14,21-24H/t21-,22+,23+,24-/m0/s1. The molecule has 5 nitrogen and oxygen atoms in total. The molecule has 2 saturated heterocycles. The van der Waals surface area contributed by atoms with Crippen molar-refractivity contribution in [1.82, 2.24) is 4.90 Å². The monoisotopic (exact) mass is 566 g/mol. The Morgan fingerprint density at radius 2 is 1.57 bits per heavy atom. The van der Waals surface area contributed by atoms with Crippen molar-refractivity contribution >= 4 is 45.3 Å². The molecule has 3 aromatic rings. The third-order valence-electron chi connectivity index (χ3n) is 7.29. The number of nitrogens with zero attached hydrogens (tertiary/aromatic N) is 2. The lowest BCUT2D eigenvalue weighted by Gasteiger charge is -2.35. The molecular weight excluding hydrogens is 549 g/mol. The summed E-state index contributed by atoms with van der Waals surface area (Å²) < 4.78 is 41.0. The van der Waals surface area contributed by atoms with Gasteiger partial charge in [-0.05, 0) is 47.5 Å². The number of anilines is 1. The second-order valence-electron chi connectivity index (χ2n) is 9.26. The highest BCUT2D eigenvalue weighted by atomic mass is 79.9. The second-order valence-corrected chi connectivity index (χ2v) is 10.2. The van der Waals surface area contributed by atoms with Crippen LogP contribution in [0.15, 0.2) is 83.5 Å². The van der Waals surface area contributed by atoms with Crippen molar-refractivity contribution in [3.8, 4) is 0 Å². The number of amides is 2. The van der Waals surface area contributed by atoms with Gasteiger partial charge in [-0.3, -0.25) is 14.4 Å². The minimum absolute atomic E-state index is 0.153. The number of hydrogen-bond acceptors (Lipinski definition) is 4. The van der Waals surface area contributed by atoms with Gasteiger partial charge in [-0.25, -0.2) is 4.90 Å². The molecule has 0 aromatic heterocycles. The fourth-order valence-corrected chi connectivity index (χ4v) is 5.98. The van der Waals surface area contributed by atoms with Gasteiger partial charge < -0.3 is 4.90 Å². The van der Waals surface area contributed by atoms with Crippen LogP contribution in [0.25, 0.3) is 6.08 Å². The molecule has 4 atom stereocenters. The highest BCUT2D eigenvalue weighted by molar-refractivity contribution is 9.10. The second kappa shape index (κ2) is 8.41. The highest BCUT2D eigenvalue weighted by Gasteiger charge is 2.64. The third kappa shape index (κ3) is 3.63. The molecule has 6 rings (SSSR count). The molecule has 3 aromatic carbocycles. The zero-order valence-corrected chi connectivity index (χ0v) is 20.6. The van der Waals surface area contributed by atoms with E-state index in [2.05, 4.69) is 15.9 Å². The molecule has 0 aliphatic carbocycles. The molecule has 0 N–H and O–H groups in total. The minimum atomic E-state index is -4.64. The van der Waals surface area contributed by atoms with Crippen LogP contribution in [-0.4, -0.2) is 28.5 Å². The number of benzene rings is 3. The molecule has 0 spiro atoms. The van der Waals surface area contributed by atoms with Crippen molar-refractivity contribution in [2.24, 2.45) is 11.8 Å². The van der Waals surface area contributed by atoms with Gasteiger partial charge in [0.25, 0.3) is 0 Å². The number of alkyl halides is 3. The Balaban J connectivity index is 1.48. The van der Waals surface area contributed by atoms with Crippen LogP contribution < -0.4 is 4.90 Å². The van der Waals surface area contributed by atoms with E-state index in [1.807, 2.05) is 30.3 Å². The van der Waals surface area contributed by atoms with Crippen LogP contribution in [0.2, 0.25) is 0 Å². The fraction of sp³-hybridized carbons (Fsp3) is 0.179. The molecule has 3 aliphatic heterocycles. The normalized spacial score (nSPS) is 24.2. The van der Waals surface area contributed by atoms with Gasteiger partial charge in [0.05, 0.1) is 29.1 Å². The molecule has 2 fully saturated rings. The van der Waals surface area contributed by atoms with Crippen molar-refractivity contribution in [2.75, 3.05) is 4.90 Å². The van der Waals surface area contributed by atoms with Crippen LogP contribution in [0, 0.1) is 11.8 Å². The van der Waals surface area contributed by atoms with Crippen LogP contribution in [0.4, 0.5) is 18.9 Å². The van der Waals surface area contributed by atoms with Crippen LogP contribution >= 0.6 is 15.9 Å². The van der Waals surface area contributed by atoms with Crippen molar-refractivity contribution in [3.63, 3.8) is 0 Å². The molecule has 9 heteroatoms. The molecule has 0 unspecified atom stereocenters. The van der Waals surface area contributed by atoms with Gasteiger partial charge in [0, 0.05) is 16.2 Å². The molecule has 37 heavy (non-hydrogen) atoms. The van der Waals surface area contributed by atoms with E-state index in [9.17, 15) is 27.6 Å². The average molecular weight is 567 g/mol. The predicted molar refractivity (Wildman–Crippen MR) is 133 cm³/mol. The smallest absolute Gasteiger partial charge is 0.358 e. The van der Waals surface area contributed by atoms with E-state index in [4.69, 9.17) is 0 Å². The van der Waals surface area contributed by atoms with E-state index in [0.29, 0.717) is 5.56 Å². The van der Waals surface area contributed by atoms with Gasteiger partial charge >= 0.3 is 6.18 Å². The molecule has 186 valence electrons. The van der Waals surface area contributed by atoms with E-state index in [1.54, 1.807) is 35.4 Å². The van der Waals surface area contributed by atoms with Crippen molar-refractivity contribution in [1.29, 1.82) is 0 Å². The Morgan fingerprint density at radius 1 is 0.865 bits per heavy atom. The summed E-state index contributed by atoms with van der Waals surface area (Å²) in [5.74, 6) is -3.61. The lowest BCUT2D eigenvalue weighted by Crippen LogP contribution is -2.44. The lowest BCUT2D eigenvalue weighted by atomic mass is 9.83. The number of hydrogen-bond donors (Lipinski definition) is 0. The SMILES string of the molecule is O=C(c1ccc(Br)cc1)[C@@H]1[C@@H]2C(=O)N(c3cccc(C(F)(F)F)c3)C(=O)[C@@H]2[C@H]2c3ccccc3C=CN12. The molecule has 3 heterocycles. The molecule has 0 saturated carbocycles. The lowest BCUT2D eigenvalue weighted by molar-refractivity contribution is -0.137. The predicted octanol–water partition coefficient (Wildman–Crippen LogP) is 5.87. The Bertz CT molecular complexity index is 1480. The summed E-state index contributed by atoms with van der Waals surface area (Å²) in [5.41, 5.74) is 0.908. The Kier molecular flexibility index (Phi) is 5.38. The number of carbonyl (C=O) groups excluding carboxylic acids is 3. The maximum atomic E-state index is 13.8. The number of carbonyl (C=O) groups is 3. The van der Waals surface area contributed by atoms with Crippen molar-refractivity contribution in [2.45, 2.75) is 18.3 Å². The summed E-state index contributed by atoms with van der Waals surface area (Å²) in [4.78, 5) is 44.1. The van der Waals surface area contributed by atoms with Gasteiger partial charge in [0.15, 0.2) is 5.78 Å².